The number of nitrogens with one attached hydrogen (secondary N) is 1. The fourth-order valence-corrected chi connectivity index (χ4v) is 3.10. The number of carboxylic acid groups (broad SMARTS) is 1. The van der Waals surface area contributed by atoms with Crippen molar-refractivity contribution >= 4 is 11.9 Å². The highest BCUT2D eigenvalue weighted by atomic mass is 16.5. The van der Waals surface area contributed by atoms with Crippen LogP contribution in [0.25, 0.3) is 0 Å². The maximum absolute atomic E-state index is 12.2. The minimum Gasteiger partial charge on any atom is -0.481 e. The van der Waals surface area contributed by atoms with E-state index in [4.69, 9.17) is 9.63 Å². The second-order valence-electron chi connectivity index (χ2n) is 6.18. The minimum absolute atomic E-state index is 0.0626. The molecule has 1 saturated carbocycles. The van der Waals surface area contributed by atoms with Gasteiger partial charge >= 0.3 is 5.97 Å². The van der Waals surface area contributed by atoms with Crippen molar-refractivity contribution in [3.05, 3.63) is 17.5 Å². The summed E-state index contributed by atoms with van der Waals surface area (Å²) in [4.78, 5) is 23.0. The topological polar surface area (TPSA) is 92.4 Å². The van der Waals surface area contributed by atoms with Crippen molar-refractivity contribution in [2.75, 3.05) is 0 Å². The fraction of sp³-hybridized carbons (Fsp3) is 0.688. The Bertz CT molecular complexity index is 506. The fourth-order valence-electron chi connectivity index (χ4n) is 3.10. The molecule has 1 fully saturated rings. The zero-order valence-electron chi connectivity index (χ0n) is 13.0. The summed E-state index contributed by atoms with van der Waals surface area (Å²) in [7, 11) is 0. The molecule has 2 N–H and O–H groups in total. The molecule has 2 rings (SSSR count). The molecule has 0 saturated heterocycles. The molecule has 1 heterocycles. The molecule has 6 heteroatoms. The van der Waals surface area contributed by atoms with Crippen LogP contribution >= 0.6 is 0 Å². The second-order valence-corrected chi connectivity index (χ2v) is 6.18. The van der Waals surface area contributed by atoms with E-state index in [1.165, 1.54) is 32.1 Å². The van der Waals surface area contributed by atoms with Crippen LogP contribution in [0.5, 0.6) is 0 Å². The summed E-state index contributed by atoms with van der Waals surface area (Å²) in [5.74, 6) is -0.393. The lowest BCUT2D eigenvalue weighted by molar-refractivity contribution is -0.137. The molecular weight excluding hydrogens is 284 g/mol. The van der Waals surface area contributed by atoms with Crippen molar-refractivity contribution in [2.24, 2.45) is 5.92 Å². The van der Waals surface area contributed by atoms with Crippen molar-refractivity contribution in [3.63, 3.8) is 0 Å². The van der Waals surface area contributed by atoms with Gasteiger partial charge in [0.1, 0.15) is 0 Å². The standard InChI is InChI=1S/C16H24N2O4/c1-11-9-14(22-18-11)16(21)17-13(7-8-15(19)20)10-12-5-3-2-4-6-12/h9,12-13H,2-8,10H2,1H3,(H,17,21)(H,19,20). The van der Waals surface area contributed by atoms with Gasteiger partial charge in [0, 0.05) is 18.5 Å². The van der Waals surface area contributed by atoms with E-state index in [2.05, 4.69) is 10.5 Å². The molecule has 1 unspecified atom stereocenters. The summed E-state index contributed by atoms with van der Waals surface area (Å²) < 4.78 is 4.96. The van der Waals surface area contributed by atoms with Crippen molar-refractivity contribution in [1.29, 1.82) is 0 Å². The van der Waals surface area contributed by atoms with E-state index >= 15 is 0 Å². The summed E-state index contributed by atoms with van der Waals surface area (Å²) in [5, 5.41) is 15.5. The van der Waals surface area contributed by atoms with E-state index in [0.717, 1.165) is 6.42 Å². The van der Waals surface area contributed by atoms with Crippen LogP contribution in [0.1, 0.15) is 67.6 Å². The molecule has 0 bridgehead atoms. The number of aryl methyl sites for hydroxylation is 1. The zero-order valence-corrected chi connectivity index (χ0v) is 13.0. The van der Waals surface area contributed by atoms with Gasteiger partial charge in [-0.25, -0.2) is 0 Å². The predicted octanol–water partition coefficient (Wildman–Crippen LogP) is 2.92. The first kappa shape index (κ1) is 16.5. The zero-order chi connectivity index (χ0) is 15.9. The van der Waals surface area contributed by atoms with E-state index in [9.17, 15) is 9.59 Å². The maximum atomic E-state index is 12.2. The van der Waals surface area contributed by atoms with Crippen LogP contribution in [0.4, 0.5) is 0 Å². The Kier molecular flexibility index (Phi) is 5.98. The van der Waals surface area contributed by atoms with Gasteiger partial charge in [-0.2, -0.15) is 0 Å². The number of carbonyl (C=O) groups is 2. The largest absolute Gasteiger partial charge is 0.481 e. The van der Waals surface area contributed by atoms with Crippen LogP contribution in [-0.2, 0) is 4.79 Å². The lowest BCUT2D eigenvalue weighted by Gasteiger charge is -2.26. The molecule has 122 valence electrons. The Morgan fingerprint density at radius 1 is 1.41 bits per heavy atom. The third-order valence-corrected chi connectivity index (χ3v) is 4.24. The molecule has 0 radical (unpaired) electrons. The SMILES string of the molecule is Cc1cc(C(=O)NC(CCC(=O)O)CC2CCCCC2)on1. The average molecular weight is 308 g/mol. The highest BCUT2D eigenvalue weighted by molar-refractivity contribution is 5.91. The van der Waals surface area contributed by atoms with Crippen LogP contribution < -0.4 is 5.32 Å². The number of aromatic nitrogens is 1. The van der Waals surface area contributed by atoms with Gasteiger partial charge in [0.05, 0.1) is 5.69 Å². The monoisotopic (exact) mass is 308 g/mol. The third-order valence-electron chi connectivity index (χ3n) is 4.24. The summed E-state index contributed by atoms with van der Waals surface area (Å²) >= 11 is 0. The molecule has 0 aliphatic heterocycles. The summed E-state index contributed by atoms with van der Waals surface area (Å²) in [6.45, 7) is 1.75. The van der Waals surface area contributed by atoms with E-state index in [1.807, 2.05) is 0 Å². The maximum Gasteiger partial charge on any atom is 0.303 e. The summed E-state index contributed by atoms with van der Waals surface area (Å²) in [5.41, 5.74) is 0.652. The second kappa shape index (κ2) is 7.96. The first-order valence-corrected chi connectivity index (χ1v) is 8.00. The van der Waals surface area contributed by atoms with Crippen LogP contribution in [0.15, 0.2) is 10.6 Å². The van der Waals surface area contributed by atoms with E-state index < -0.39 is 5.97 Å². The molecule has 1 atom stereocenters. The normalized spacial score (nSPS) is 17.1. The molecule has 22 heavy (non-hydrogen) atoms. The van der Waals surface area contributed by atoms with Crippen molar-refractivity contribution < 1.29 is 19.2 Å². The average Bonchev–Trinajstić information content (AvgIpc) is 2.92. The number of hydrogen-bond acceptors (Lipinski definition) is 4. The Hall–Kier alpha value is -1.85. The molecule has 1 amide bonds. The first-order chi connectivity index (χ1) is 10.5. The highest BCUT2D eigenvalue weighted by Crippen LogP contribution is 2.28. The van der Waals surface area contributed by atoms with Crippen LogP contribution in [0.3, 0.4) is 0 Å². The first-order valence-electron chi connectivity index (χ1n) is 8.00. The lowest BCUT2D eigenvalue weighted by atomic mass is 9.84. The molecule has 6 nitrogen and oxygen atoms in total. The Morgan fingerprint density at radius 3 is 2.73 bits per heavy atom. The van der Waals surface area contributed by atoms with Gasteiger partial charge in [0.15, 0.2) is 0 Å². The van der Waals surface area contributed by atoms with Gasteiger partial charge in [-0.05, 0) is 25.7 Å². The Labute approximate surface area is 130 Å². The van der Waals surface area contributed by atoms with E-state index in [0.29, 0.717) is 18.0 Å². The molecule has 1 aliphatic carbocycles. The molecule has 1 aromatic rings. The number of nitrogens with zero attached hydrogens (tertiary/aromatic N) is 1. The number of hydrogen-bond donors (Lipinski definition) is 2. The van der Waals surface area contributed by atoms with Crippen molar-refractivity contribution in [1.82, 2.24) is 10.5 Å². The Balaban J connectivity index is 1.93. The molecule has 1 aliphatic rings. The number of aliphatic carboxylic acids is 1. The molecule has 1 aromatic heterocycles. The number of carbonyl (C=O) groups excluding carboxylic acids is 1. The van der Waals surface area contributed by atoms with Crippen molar-refractivity contribution in [2.45, 2.75) is 64.3 Å². The molecule has 0 spiro atoms. The summed E-state index contributed by atoms with van der Waals surface area (Å²) in [6.07, 6.45) is 7.42. The number of amides is 1. The van der Waals surface area contributed by atoms with Gasteiger partial charge in [-0.15, -0.1) is 0 Å². The lowest BCUT2D eigenvalue weighted by Crippen LogP contribution is -2.37. The van der Waals surface area contributed by atoms with Gasteiger partial charge < -0.3 is 14.9 Å². The molecular formula is C16H24N2O4. The van der Waals surface area contributed by atoms with Crippen LogP contribution in [-0.4, -0.2) is 28.2 Å². The van der Waals surface area contributed by atoms with Crippen molar-refractivity contribution in [3.8, 4) is 0 Å². The smallest absolute Gasteiger partial charge is 0.303 e. The van der Waals surface area contributed by atoms with Crippen LogP contribution in [0.2, 0.25) is 0 Å². The van der Waals surface area contributed by atoms with Gasteiger partial charge in [-0.1, -0.05) is 37.3 Å². The third kappa shape index (κ3) is 5.16. The van der Waals surface area contributed by atoms with Gasteiger partial charge in [0.25, 0.3) is 5.91 Å². The summed E-state index contributed by atoms with van der Waals surface area (Å²) in [6, 6.07) is 1.46. The number of carboxylic acids is 1. The Morgan fingerprint density at radius 2 is 2.14 bits per heavy atom. The number of rotatable bonds is 7. The van der Waals surface area contributed by atoms with E-state index in [1.54, 1.807) is 13.0 Å². The highest BCUT2D eigenvalue weighted by Gasteiger charge is 2.23. The quantitative estimate of drug-likeness (QED) is 0.808. The minimum atomic E-state index is -0.835. The van der Waals surface area contributed by atoms with Gasteiger partial charge in [-0.3, -0.25) is 9.59 Å². The molecule has 0 aromatic carbocycles. The van der Waals surface area contributed by atoms with Gasteiger partial charge in [0.2, 0.25) is 5.76 Å². The predicted molar refractivity (Wildman–Crippen MR) is 80.6 cm³/mol. The van der Waals surface area contributed by atoms with Crippen LogP contribution in [0, 0.1) is 12.8 Å². The van der Waals surface area contributed by atoms with E-state index in [-0.39, 0.29) is 24.1 Å².